The number of carbonyl (C=O) groups excluding carboxylic acids is 1. The molecule has 0 aromatic heterocycles. The third-order valence-electron chi connectivity index (χ3n) is 2.13. The molecule has 0 saturated carbocycles. The summed E-state index contributed by atoms with van der Waals surface area (Å²) in [7, 11) is 0. The van der Waals surface area contributed by atoms with Crippen LogP contribution in [0.5, 0.6) is 0 Å². The van der Waals surface area contributed by atoms with Crippen molar-refractivity contribution < 1.29 is 10.0 Å². The molecule has 1 aliphatic heterocycles. The van der Waals surface area contributed by atoms with E-state index in [1.54, 1.807) is 24.3 Å². The van der Waals surface area contributed by atoms with E-state index in [0.717, 1.165) is 5.56 Å². The maximum Gasteiger partial charge on any atom is 0.261 e. The zero-order chi connectivity index (χ0) is 10.1. The van der Waals surface area contributed by atoms with Crippen molar-refractivity contribution in [1.29, 1.82) is 0 Å². The highest BCUT2D eigenvalue weighted by Gasteiger charge is 2.30. The number of amides is 1. The summed E-state index contributed by atoms with van der Waals surface area (Å²) in [6.07, 6.45) is -0.459. The molecule has 0 spiro atoms. The monoisotopic (exact) mass is 212 g/mol. The molecule has 4 nitrogen and oxygen atoms in total. The van der Waals surface area contributed by atoms with Crippen LogP contribution >= 0.6 is 11.6 Å². The molecular formula is C9H9ClN2O2. The SMILES string of the molecule is O=C1CN[C@@H](c2ccc(Cl)cc2)N1O. The summed E-state index contributed by atoms with van der Waals surface area (Å²) in [6.45, 7) is 0.157. The minimum absolute atomic E-state index is 0.157. The number of benzene rings is 1. The van der Waals surface area contributed by atoms with Crippen LogP contribution in [0.4, 0.5) is 0 Å². The number of nitrogens with zero attached hydrogens (tertiary/aromatic N) is 1. The van der Waals surface area contributed by atoms with E-state index in [4.69, 9.17) is 11.6 Å². The summed E-state index contributed by atoms with van der Waals surface area (Å²) in [5.41, 5.74) is 0.808. The zero-order valence-electron chi connectivity index (χ0n) is 7.27. The highest BCUT2D eigenvalue weighted by Crippen LogP contribution is 2.21. The average Bonchev–Trinajstić information content (AvgIpc) is 2.50. The van der Waals surface area contributed by atoms with Crippen LogP contribution in [0.3, 0.4) is 0 Å². The Kier molecular flexibility index (Phi) is 2.41. The fourth-order valence-electron chi connectivity index (χ4n) is 1.40. The Hall–Kier alpha value is -1.10. The number of hydroxylamine groups is 2. The van der Waals surface area contributed by atoms with Crippen molar-refractivity contribution in [2.75, 3.05) is 6.54 Å². The Morgan fingerprint density at radius 2 is 2.07 bits per heavy atom. The molecule has 1 aliphatic rings. The molecule has 1 heterocycles. The van der Waals surface area contributed by atoms with Crippen LogP contribution < -0.4 is 5.32 Å². The van der Waals surface area contributed by atoms with Crippen molar-refractivity contribution in [2.24, 2.45) is 0 Å². The summed E-state index contributed by atoms with van der Waals surface area (Å²) in [5, 5.41) is 13.6. The summed E-state index contributed by atoms with van der Waals surface area (Å²) in [6, 6.07) is 6.97. The van der Waals surface area contributed by atoms with Crippen molar-refractivity contribution in [3.63, 3.8) is 0 Å². The highest BCUT2D eigenvalue weighted by molar-refractivity contribution is 6.30. The molecule has 14 heavy (non-hydrogen) atoms. The number of nitrogens with one attached hydrogen (secondary N) is 1. The van der Waals surface area contributed by atoms with Gasteiger partial charge in [0.25, 0.3) is 5.91 Å². The Balaban J connectivity index is 2.23. The second-order valence-corrected chi connectivity index (χ2v) is 3.51. The molecule has 1 saturated heterocycles. The van der Waals surface area contributed by atoms with Gasteiger partial charge in [-0.1, -0.05) is 23.7 Å². The van der Waals surface area contributed by atoms with Gasteiger partial charge in [0.2, 0.25) is 0 Å². The first kappa shape index (κ1) is 9.45. The van der Waals surface area contributed by atoms with E-state index in [-0.39, 0.29) is 12.5 Å². The second kappa shape index (κ2) is 3.57. The molecule has 0 radical (unpaired) electrons. The van der Waals surface area contributed by atoms with Crippen LogP contribution in [0.2, 0.25) is 5.02 Å². The molecule has 2 rings (SSSR count). The van der Waals surface area contributed by atoms with E-state index in [9.17, 15) is 10.0 Å². The molecule has 1 amide bonds. The van der Waals surface area contributed by atoms with Gasteiger partial charge >= 0.3 is 0 Å². The first-order valence-electron chi connectivity index (χ1n) is 4.18. The van der Waals surface area contributed by atoms with Crippen LogP contribution in [-0.2, 0) is 4.79 Å². The van der Waals surface area contributed by atoms with Crippen LogP contribution in [-0.4, -0.2) is 22.7 Å². The number of hydrogen-bond acceptors (Lipinski definition) is 3. The first-order chi connectivity index (χ1) is 6.68. The number of halogens is 1. The van der Waals surface area contributed by atoms with Gasteiger partial charge in [-0.25, -0.2) is 5.06 Å². The largest absolute Gasteiger partial charge is 0.284 e. The standard InChI is InChI=1S/C9H9ClN2O2/c10-7-3-1-6(2-4-7)9-11-5-8(13)12(9)14/h1-4,9,11,14H,5H2/t9-/m1/s1. The van der Waals surface area contributed by atoms with Gasteiger partial charge < -0.3 is 0 Å². The molecule has 1 atom stereocenters. The summed E-state index contributed by atoms with van der Waals surface area (Å²) in [5.74, 6) is -0.329. The lowest BCUT2D eigenvalue weighted by atomic mass is 10.2. The molecule has 1 aromatic carbocycles. The number of carbonyl (C=O) groups is 1. The maximum absolute atomic E-state index is 11.0. The van der Waals surface area contributed by atoms with E-state index >= 15 is 0 Å². The third-order valence-corrected chi connectivity index (χ3v) is 2.38. The van der Waals surface area contributed by atoms with E-state index in [1.807, 2.05) is 0 Å². The Morgan fingerprint density at radius 1 is 1.43 bits per heavy atom. The van der Waals surface area contributed by atoms with Crippen molar-refractivity contribution in [1.82, 2.24) is 10.4 Å². The van der Waals surface area contributed by atoms with Crippen LogP contribution in [0, 0.1) is 0 Å². The normalized spacial score (nSPS) is 21.7. The lowest BCUT2D eigenvalue weighted by Crippen LogP contribution is -2.26. The van der Waals surface area contributed by atoms with Gasteiger partial charge in [0.1, 0.15) is 6.17 Å². The zero-order valence-corrected chi connectivity index (χ0v) is 8.03. The van der Waals surface area contributed by atoms with E-state index in [2.05, 4.69) is 5.32 Å². The van der Waals surface area contributed by atoms with Crippen molar-refractivity contribution in [3.05, 3.63) is 34.9 Å². The lowest BCUT2D eigenvalue weighted by molar-refractivity contribution is -0.165. The highest BCUT2D eigenvalue weighted by atomic mass is 35.5. The van der Waals surface area contributed by atoms with Gasteiger partial charge in [-0.2, -0.15) is 0 Å². The van der Waals surface area contributed by atoms with Gasteiger partial charge in [-0.3, -0.25) is 15.3 Å². The molecule has 1 fully saturated rings. The van der Waals surface area contributed by atoms with Gasteiger partial charge in [0, 0.05) is 5.02 Å². The van der Waals surface area contributed by atoms with E-state index in [1.165, 1.54) is 0 Å². The summed E-state index contributed by atoms with van der Waals surface area (Å²) >= 11 is 5.72. The fourth-order valence-corrected chi connectivity index (χ4v) is 1.53. The molecule has 0 unspecified atom stereocenters. The Bertz CT molecular complexity index is 352. The van der Waals surface area contributed by atoms with Crippen LogP contribution in [0.15, 0.2) is 24.3 Å². The van der Waals surface area contributed by atoms with Crippen molar-refractivity contribution in [3.8, 4) is 0 Å². The molecule has 0 aliphatic carbocycles. The van der Waals surface area contributed by atoms with Gasteiger partial charge in [-0.15, -0.1) is 0 Å². The summed E-state index contributed by atoms with van der Waals surface area (Å²) < 4.78 is 0. The Labute approximate surface area is 86.0 Å². The van der Waals surface area contributed by atoms with Gasteiger partial charge in [0.15, 0.2) is 0 Å². The smallest absolute Gasteiger partial charge is 0.261 e. The van der Waals surface area contributed by atoms with E-state index in [0.29, 0.717) is 10.1 Å². The van der Waals surface area contributed by atoms with Gasteiger partial charge in [0.05, 0.1) is 6.54 Å². The topological polar surface area (TPSA) is 52.6 Å². The molecule has 5 heteroatoms. The summed E-state index contributed by atoms with van der Waals surface area (Å²) in [4.78, 5) is 11.0. The molecule has 2 N–H and O–H groups in total. The lowest BCUT2D eigenvalue weighted by Gasteiger charge is -2.17. The van der Waals surface area contributed by atoms with E-state index < -0.39 is 6.17 Å². The minimum atomic E-state index is -0.459. The van der Waals surface area contributed by atoms with Gasteiger partial charge in [-0.05, 0) is 17.7 Å². The van der Waals surface area contributed by atoms with Crippen LogP contribution in [0.1, 0.15) is 11.7 Å². The molecule has 74 valence electrons. The Morgan fingerprint density at radius 3 is 2.57 bits per heavy atom. The molecule has 0 bridgehead atoms. The average molecular weight is 213 g/mol. The second-order valence-electron chi connectivity index (χ2n) is 3.07. The number of rotatable bonds is 1. The molecular weight excluding hydrogens is 204 g/mol. The van der Waals surface area contributed by atoms with Crippen molar-refractivity contribution in [2.45, 2.75) is 6.17 Å². The number of hydrogen-bond donors (Lipinski definition) is 2. The predicted octanol–water partition coefficient (Wildman–Crippen LogP) is 1.16. The maximum atomic E-state index is 11.0. The first-order valence-corrected chi connectivity index (χ1v) is 4.56. The molecule has 1 aromatic rings. The van der Waals surface area contributed by atoms with Crippen LogP contribution in [0.25, 0.3) is 0 Å². The third kappa shape index (κ3) is 1.59. The quantitative estimate of drug-likeness (QED) is 0.687. The predicted molar refractivity (Wildman–Crippen MR) is 50.8 cm³/mol. The van der Waals surface area contributed by atoms with Crippen molar-refractivity contribution >= 4 is 17.5 Å². The minimum Gasteiger partial charge on any atom is -0.284 e. The fraction of sp³-hybridized carbons (Fsp3) is 0.222.